The van der Waals surface area contributed by atoms with Gasteiger partial charge in [0.05, 0.1) is 5.56 Å². The second-order valence-corrected chi connectivity index (χ2v) is 6.91. The Hall–Kier alpha value is -3.23. The third-order valence-corrected chi connectivity index (χ3v) is 4.83. The zero-order valence-corrected chi connectivity index (χ0v) is 16.3. The molecule has 0 bridgehead atoms. The van der Waals surface area contributed by atoms with Crippen molar-refractivity contribution < 1.29 is 22.8 Å². The number of benzene rings is 2. The molecule has 0 radical (unpaired) electrons. The molecule has 1 aliphatic rings. The van der Waals surface area contributed by atoms with E-state index in [1.54, 1.807) is 35.2 Å². The normalized spacial score (nSPS) is 14.4. The lowest BCUT2D eigenvalue weighted by Crippen LogP contribution is -2.49. The summed E-state index contributed by atoms with van der Waals surface area (Å²) in [6, 6.07) is 13.8. The Morgan fingerprint density at radius 3 is 2.30 bits per heavy atom. The van der Waals surface area contributed by atoms with Gasteiger partial charge >= 0.3 is 12.2 Å². The quantitative estimate of drug-likeness (QED) is 0.778. The van der Waals surface area contributed by atoms with Crippen LogP contribution in [-0.2, 0) is 11.0 Å². The van der Waals surface area contributed by atoms with Gasteiger partial charge in [0.15, 0.2) is 0 Å². The van der Waals surface area contributed by atoms with Crippen molar-refractivity contribution in [1.29, 1.82) is 0 Å². The van der Waals surface area contributed by atoms with Crippen molar-refractivity contribution in [1.82, 2.24) is 10.2 Å². The highest BCUT2D eigenvalue weighted by atomic mass is 19.4. The van der Waals surface area contributed by atoms with E-state index in [9.17, 15) is 22.8 Å². The van der Waals surface area contributed by atoms with Gasteiger partial charge in [0, 0.05) is 50.5 Å². The van der Waals surface area contributed by atoms with Crippen molar-refractivity contribution in [2.45, 2.75) is 12.6 Å². The molecule has 0 spiro atoms. The molecule has 1 aliphatic heterocycles. The molecule has 6 nitrogen and oxygen atoms in total. The molecular weight excluding hydrogens is 397 g/mol. The van der Waals surface area contributed by atoms with Crippen LogP contribution in [0.4, 0.5) is 29.3 Å². The number of rotatable bonds is 5. The third-order valence-electron chi connectivity index (χ3n) is 4.83. The molecule has 2 aromatic rings. The van der Waals surface area contributed by atoms with Crippen LogP contribution in [0.2, 0.25) is 0 Å². The summed E-state index contributed by atoms with van der Waals surface area (Å²) < 4.78 is 38.7. The van der Waals surface area contributed by atoms with Crippen LogP contribution in [0.25, 0.3) is 0 Å². The number of amides is 3. The summed E-state index contributed by atoms with van der Waals surface area (Å²) in [6.45, 7) is 1.95. The van der Waals surface area contributed by atoms with Crippen molar-refractivity contribution >= 4 is 23.3 Å². The molecule has 2 aromatic carbocycles. The van der Waals surface area contributed by atoms with E-state index in [0.29, 0.717) is 37.6 Å². The van der Waals surface area contributed by atoms with Crippen molar-refractivity contribution in [3.8, 4) is 0 Å². The summed E-state index contributed by atoms with van der Waals surface area (Å²) in [4.78, 5) is 27.7. The summed E-state index contributed by atoms with van der Waals surface area (Å²) in [5, 5.41) is 5.31. The van der Waals surface area contributed by atoms with E-state index < -0.39 is 11.7 Å². The molecule has 1 fully saturated rings. The average molecular weight is 420 g/mol. The molecule has 1 heterocycles. The lowest BCUT2D eigenvalue weighted by atomic mass is 10.1. The Morgan fingerprint density at radius 2 is 1.63 bits per heavy atom. The van der Waals surface area contributed by atoms with Gasteiger partial charge in [0.2, 0.25) is 5.91 Å². The minimum atomic E-state index is -4.38. The molecule has 30 heavy (non-hydrogen) atoms. The minimum absolute atomic E-state index is 0.0984. The first-order valence-corrected chi connectivity index (χ1v) is 9.63. The fraction of sp³-hybridized carbons (Fsp3) is 0.333. The number of carbonyl (C=O) groups excluding carboxylic acids is 2. The van der Waals surface area contributed by atoms with Crippen LogP contribution in [0.3, 0.4) is 0 Å². The molecule has 160 valence electrons. The molecule has 0 saturated carbocycles. The molecule has 0 aliphatic carbocycles. The van der Waals surface area contributed by atoms with Crippen LogP contribution in [0, 0.1) is 0 Å². The van der Waals surface area contributed by atoms with E-state index in [2.05, 4.69) is 10.6 Å². The Balaban J connectivity index is 1.41. The second kappa shape index (κ2) is 9.51. The molecule has 0 aromatic heterocycles. The monoisotopic (exact) mass is 420 g/mol. The van der Waals surface area contributed by atoms with Gasteiger partial charge in [-0.1, -0.05) is 24.3 Å². The van der Waals surface area contributed by atoms with Crippen LogP contribution in [0.5, 0.6) is 0 Å². The van der Waals surface area contributed by atoms with E-state index >= 15 is 0 Å². The van der Waals surface area contributed by atoms with E-state index in [1.165, 1.54) is 6.07 Å². The number of alkyl halides is 3. The summed E-state index contributed by atoms with van der Waals surface area (Å²) in [5.41, 5.74) is 0.474. The largest absolute Gasteiger partial charge is 0.416 e. The van der Waals surface area contributed by atoms with Gasteiger partial charge in [-0.3, -0.25) is 4.79 Å². The highest BCUT2D eigenvalue weighted by Crippen LogP contribution is 2.31. The molecule has 3 rings (SSSR count). The maximum absolute atomic E-state index is 12.9. The molecule has 9 heteroatoms. The number of nitrogens with zero attached hydrogens (tertiary/aromatic N) is 2. The molecule has 3 amide bonds. The minimum Gasteiger partial charge on any atom is -0.368 e. The number of para-hydroxylation sites is 1. The maximum Gasteiger partial charge on any atom is 0.416 e. The van der Waals surface area contributed by atoms with Crippen molar-refractivity contribution in [2.75, 3.05) is 42.9 Å². The van der Waals surface area contributed by atoms with Gasteiger partial charge in [0.25, 0.3) is 0 Å². The third kappa shape index (κ3) is 5.88. The molecule has 0 unspecified atom stereocenters. The first kappa shape index (κ1) is 21.5. The van der Waals surface area contributed by atoms with Gasteiger partial charge < -0.3 is 20.4 Å². The van der Waals surface area contributed by atoms with E-state index in [4.69, 9.17) is 0 Å². The topological polar surface area (TPSA) is 64.7 Å². The Labute approximate surface area is 172 Å². The predicted molar refractivity (Wildman–Crippen MR) is 108 cm³/mol. The number of halogens is 3. The number of piperazine rings is 1. The first-order valence-electron chi connectivity index (χ1n) is 9.63. The van der Waals surface area contributed by atoms with Crippen LogP contribution in [0.1, 0.15) is 12.0 Å². The van der Waals surface area contributed by atoms with Crippen LogP contribution >= 0.6 is 0 Å². The molecule has 0 atom stereocenters. The van der Waals surface area contributed by atoms with Gasteiger partial charge in [0.1, 0.15) is 0 Å². The lowest BCUT2D eigenvalue weighted by molar-refractivity contribution is -0.137. The number of hydrogen-bond donors (Lipinski definition) is 2. The Kier molecular flexibility index (Phi) is 6.81. The van der Waals surface area contributed by atoms with E-state index in [0.717, 1.165) is 12.1 Å². The molecular formula is C21H23F3N4O2. The smallest absolute Gasteiger partial charge is 0.368 e. The molecule has 1 saturated heterocycles. The number of nitrogens with one attached hydrogen (secondary N) is 2. The van der Waals surface area contributed by atoms with E-state index in [-0.39, 0.29) is 24.9 Å². The fourth-order valence-electron chi connectivity index (χ4n) is 3.23. The lowest BCUT2D eigenvalue weighted by Gasteiger charge is -2.36. The van der Waals surface area contributed by atoms with Crippen molar-refractivity contribution in [3.05, 3.63) is 60.2 Å². The fourth-order valence-corrected chi connectivity index (χ4v) is 3.23. The zero-order valence-electron chi connectivity index (χ0n) is 16.3. The van der Waals surface area contributed by atoms with Crippen LogP contribution < -0.4 is 15.5 Å². The SMILES string of the molecule is O=C(NCCC(=O)N1CCN(c2cccc(C(F)(F)F)c2)CC1)Nc1ccccc1. The Morgan fingerprint density at radius 1 is 0.933 bits per heavy atom. The number of anilines is 2. The van der Waals surface area contributed by atoms with E-state index in [1.807, 2.05) is 11.0 Å². The number of urea groups is 1. The van der Waals surface area contributed by atoms with Crippen molar-refractivity contribution in [3.63, 3.8) is 0 Å². The highest BCUT2D eigenvalue weighted by Gasteiger charge is 2.31. The van der Waals surface area contributed by atoms with Crippen LogP contribution in [0.15, 0.2) is 54.6 Å². The zero-order chi connectivity index (χ0) is 21.6. The summed E-state index contributed by atoms with van der Waals surface area (Å²) in [5.74, 6) is -0.0984. The highest BCUT2D eigenvalue weighted by molar-refractivity contribution is 5.89. The first-order chi connectivity index (χ1) is 14.3. The van der Waals surface area contributed by atoms with Crippen LogP contribution in [-0.4, -0.2) is 49.6 Å². The standard InChI is InChI=1S/C21H23F3N4O2/c22-21(23,24)16-5-4-8-18(15-16)27-11-13-28(14-12-27)19(29)9-10-25-20(30)26-17-6-2-1-3-7-17/h1-8,15H,9-14H2,(H2,25,26,30). The number of hydrogen-bond acceptors (Lipinski definition) is 3. The number of carbonyl (C=O) groups is 2. The maximum atomic E-state index is 12.9. The second-order valence-electron chi connectivity index (χ2n) is 6.91. The Bertz CT molecular complexity index is 866. The summed E-state index contributed by atoms with van der Waals surface area (Å²) in [7, 11) is 0. The van der Waals surface area contributed by atoms with Gasteiger partial charge in [-0.05, 0) is 30.3 Å². The van der Waals surface area contributed by atoms with Gasteiger partial charge in [-0.25, -0.2) is 4.79 Å². The summed E-state index contributed by atoms with van der Waals surface area (Å²) in [6.07, 6.45) is -4.22. The average Bonchev–Trinajstić information content (AvgIpc) is 2.74. The van der Waals surface area contributed by atoms with Crippen molar-refractivity contribution in [2.24, 2.45) is 0 Å². The molecule has 2 N–H and O–H groups in total. The van der Waals surface area contributed by atoms with Gasteiger partial charge in [-0.15, -0.1) is 0 Å². The predicted octanol–water partition coefficient (Wildman–Crippen LogP) is 3.57. The van der Waals surface area contributed by atoms with Gasteiger partial charge in [-0.2, -0.15) is 13.2 Å². The summed E-state index contributed by atoms with van der Waals surface area (Å²) >= 11 is 0.